The Morgan fingerprint density at radius 1 is 1.08 bits per heavy atom. The van der Waals surface area contributed by atoms with Crippen LogP contribution in [-0.2, 0) is 0 Å². The van der Waals surface area contributed by atoms with Crippen LogP contribution >= 0.6 is 23.2 Å². The summed E-state index contributed by atoms with van der Waals surface area (Å²) < 4.78 is 0. The summed E-state index contributed by atoms with van der Waals surface area (Å²) in [6, 6.07) is 5.31. The summed E-state index contributed by atoms with van der Waals surface area (Å²) in [7, 11) is 0. The normalized spacial score (nSPS) is 14.2. The topological polar surface area (TPSA) is 27.3 Å². The van der Waals surface area contributed by atoms with Gasteiger partial charge in [0.2, 0.25) is 0 Å². The van der Waals surface area contributed by atoms with Gasteiger partial charge in [0.05, 0.1) is 10.7 Å². The van der Waals surface area contributed by atoms with Crippen LogP contribution < -0.4 is 16.0 Å². The third kappa shape index (κ3) is 1.66. The van der Waals surface area contributed by atoms with E-state index < -0.39 is 0 Å². The fraction of sp³-hybridized carbons (Fsp3) is 0. The number of benzene rings is 1. The Morgan fingerprint density at radius 3 is 2.38 bits per heavy atom. The minimum atomic E-state index is 0.594. The van der Waals surface area contributed by atoms with Gasteiger partial charge in [0.1, 0.15) is 0 Å². The van der Waals surface area contributed by atoms with Crippen LogP contribution in [0.5, 0.6) is 0 Å². The molecule has 2 N–H and O–H groups in total. The van der Waals surface area contributed by atoms with Crippen molar-refractivity contribution in [2.24, 2.45) is 0 Å². The second kappa shape index (κ2) is 3.36. The molecule has 0 aliphatic carbocycles. The van der Waals surface area contributed by atoms with E-state index in [0.717, 1.165) is 5.69 Å². The maximum Gasteiger partial charge on any atom is 0.0998 e. The molecule has 0 spiro atoms. The molecule has 0 fully saturated rings. The Kier molecular flexibility index (Phi) is 2.20. The summed E-state index contributed by atoms with van der Waals surface area (Å²) in [4.78, 5) is 0. The van der Waals surface area contributed by atoms with Gasteiger partial charge in [-0.2, -0.15) is 5.12 Å². The molecule has 0 saturated carbocycles. The van der Waals surface area contributed by atoms with E-state index in [1.165, 1.54) is 0 Å². The number of nitrogens with zero attached hydrogens (tertiary/aromatic N) is 1. The van der Waals surface area contributed by atoms with Crippen LogP contribution in [0, 0.1) is 0 Å². The number of nitrogens with one attached hydrogen (secondary N) is 2. The summed E-state index contributed by atoms with van der Waals surface area (Å²) in [5.74, 6) is 0. The van der Waals surface area contributed by atoms with Gasteiger partial charge in [-0.15, -0.1) is 0 Å². The molecule has 0 saturated heterocycles. The molecule has 0 bridgehead atoms. The third-order valence-electron chi connectivity index (χ3n) is 1.64. The third-order valence-corrected chi connectivity index (χ3v) is 2.18. The molecule has 0 radical (unpaired) electrons. The Balaban J connectivity index is 2.30. The van der Waals surface area contributed by atoms with E-state index in [1.54, 1.807) is 29.7 Å². The van der Waals surface area contributed by atoms with E-state index in [9.17, 15) is 0 Å². The SMILES string of the molecule is Clc1ccc(N2NC=CN2)c(Cl)c1. The van der Waals surface area contributed by atoms with Crippen LogP contribution in [0.4, 0.5) is 5.69 Å². The number of anilines is 1. The van der Waals surface area contributed by atoms with Crippen molar-refractivity contribution in [3.8, 4) is 0 Å². The molecule has 2 rings (SSSR count). The number of hydrogen-bond acceptors (Lipinski definition) is 3. The zero-order valence-corrected chi connectivity index (χ0v) is 8.10. The highest BCUT2D eigenvalue weighted by Crippen LogP contribution is 2.27. The quantitative estimate of drug-likeness (QED) is 0.754. The summed E-state index contributed by atoms with van der Waals surface area (Å²) in [5, 5.41) is 2.91. The molecule has 68 valence electrons. The van der Waals surface area contributed by atoms with Crippen LogP contribution in [0.3, 0.4) is 0 Å². The highest BCUT2D eigenvalue weighted by molar-refractivity contribution is 6.36. The monoisotopic (exact) mass is 215 g/mol. The fourth-order valence-corrected chi connectivity index (χ4v) is 1.56. The number of hydrazine groups is 2. The molecule has 5 heteroatoms. The van der Waals surface area contributed by atoms with Gasteiger partial charge < -0.3 is 0 Å². The Hall–Kier alpha value is -1.06. The lowest BCUT2D eigenvalue weighted by Gasteiger charge is -2.19. The maximum atomic E-state index is 5.98. The van der Waals surface area contributed by atoms with Gasteiger partial charge >= 0.3 is 0 Å². The lowest BCUT2D eigenvalue weighted by Crippen LogP contribution is -2.37. The second-order valence-corrected chi connectivity index (χ2v) is 3.37. The standard InChI is InChI=1S/C8H7Cl2N3/c9-6-1-2-8(7(10)5-6)13-11-3-4-12-13/h1-5,11-12H. The number of halogens is 2. The number of hydrogen-bond donors (Lipinski definition) is 2. The minimum absolute atomic E-state index is 0.594. The second-order valence-electron chi connectivity index (χ2n) is 2.52. The summed E-state index contributed by atoms with van der Waals surface area (Å²) >= 11 is 11.7. The Morgan fingerprint density at radius 2 is 1.77 bits per heavy atom. The predicted molar refractivity (Wildman–Crippen MR) is 54.4 cm³/mol. The maximum absolute atomic E-state index is 5.98. The van der Waals surface area contributed by atoms with Crippen molar-refractivity contribution in [2.45, 2.75) is 0 Å². The van der Waals surface area contributed by atoms with Gasteiger partial charge in [0, 0.05) is 17.4 Å². The van der Waals surface area contributed by atoms with Gasteiger partial charge in [0.15, 0.2) is 0 Å². The average Bonchev–Trinajstić information content (AvgIpc) is 2.56. The van der Waals surface area contributed by atoms with Crippen molar-refractivity contribution < 1.29 is 0 Å². The fourth-order valence-electron chi connectivity index (χ4n) is 1.06. The van der Waals surface area contributed by atoms with Gasteiger partial charge in [-0.1, -0.05) is 23.2 Å². The molecule has 0 unspecified atom stereocenters. The minimum Gasteiger partial charge on any atom is -0.285 e. The number of rotatable bonds is 1. The van der Waals surface area contributed by atoms with E-state index in [4.69, 9.17) is 23.2 Å². The molecular weight excluding hydrogens is 209 g/mol. The van der Waals surface area contributed by atoms with E-state index in [0.29, 0.717) is 10.0 Å². The summed E-state index contributed by atoms with van der Waals surface area (Å²) in [6.45, 7) is 0. The van der Waals surface area contributed by atoms with Gasteiger partial charge in [-0.25, -0.2) is 0 Å². The van der Waals surface area contributed by atoms with Crippen LogP contribution in [0.15, 0.2) is 30.6 Å². The first-order valence-electron chi connectivity index (χ1n) is 3.70. The van der Waals surface area contributed by atoms with Crippen molar-refractivity contribution in [3.63, 3.8) is 0 Å². The molecule has 0 atom stereocenters. The molecule has 1 aliphatic heterocycles. The lowest BCUT2D eigenvalue weighted by molar-refractivity contribution is 0.730. The zero-order chi connectivity index (χ0) is 9.26. The lowest BCUT2D eigenvalue weighted by atomic mass is 10.3. The first kappa shape index (κ1) is 8.53. The highest BCUT2D eigenvalue weighted by atomic mass is 35.5. The van der Waals surface area contributed by atoms with Crippen LogP contribution in [0.2, 0.25) is 10.0 Å². The summed E-state index contributed by atoms with van der Waals surface area (Å²) in [6.07, 6.45) is 3.54. The first-order valence-corrected chi connectivity index (χ1v) is 4.45. The van der Waals surface area contributed by atoms with Crippen LogP contribution in [0.25, 0.3) is 0 Å². The summed E-state index contributed by atoms with van der Waals surface area (Å²) in [5.41, 5.74) is 6.72. The average molecular weight is 216 g/mol. The molecule has 13 heavy (non-hydrogen) atoms. The van der Waals surface area contributed by atoms with Crippen LogP contribution in [-0.4, -0.2) is 0 Å². The molecule has 1 aromatic rings. The van der Waals surface area contributed by atoms with E-state index in [-0.39, 0.29) is 0 Å². The largest absolute Gasteiger partial charge is 0.285 e. The molecular formula is C8H7Cl2N3. The van der Waals surface area contributed by atoms with E-state index >= 15 is 0 Å². The Labute approximate surface area is 85.9 Å². The molecule has 1 aromatic carbocycles. The molecule has 0 amide bonds. The predicted octanol–water partition coefficient (Wildman–Crippen LogP) is 2.29. The van der Waals surface area contributed by atoms with Crippen LogP contribution in [0.1, 0.15) is 0 Å². The van der Waals surface area contributed by atoms with E-state index in [1.807, 2.05) is 6.07 Å². The molecule has 1 heterocycles. The first-order chi connectivity index (χ1) is 6.27. The molecule has 1 aliphatic rings. The molecule has 3 nitrogen and oxygen atoms in total. The smallest absolute Gasteiger partial charge is 0.0998 e. The molecule has 0 aromatic heterocycles. The van der Waals surface area contributed by atoms with Crippen molar-refractivity contribution in [3.05, 3.63) is 40.6 Å². The highest BCUT2D eigenvalue weighted by Gasteiger charge is 2.10. The Bertz CT molecular complexity index is 343. The van der Waals surface area contributed by atoms with Gasteiger partial charge in [-0.3, -0.25) is 10.9 Å². The van der Waals surface area contributed by atoms with Gasteiger partial charge in [0.25, 0.3) is 0 Å². The van der Waals surface area contributed by atoms with Crippen molar-refractivity contribution in [2.75, 3.05) is 5.12 Å². The zero-order valence-electron chi connectivity index (χ0n) is 6.59. The van der Waals surface area contributed by atoms with Crippen molar-refractivity contribution in [1.82, 2.24) is 10.9 Å². The van der Waals surface area contributed by atoms with E-state index in [2.05, 4.69) is 10.9 Å². The van der Waals surface area contributed by atoms with Crippen molar-refractivity contribution in [1.29, 1.82) is 0 Å². The van der Waals surface area contributed by atoms with Gasteiger partial charge in [-0.05, 0) is 18.2 Å². The van der Waals surface area contributed by atoms with Crippen molar-refractivity contribution >= 4 is 28.9 Å².